The molecule has 0 saturated carbocycles. The van der Waals surface area contributed by atoms with E-state index in [0.717, 1.165) is 21.9 Å². The summed E-state index contributed by atoms with van der Waals surface area (Å²) in [5.41, 5.74) is 2.95. The fourth-order valence-electron chi connectivity index (χ4n) is 3.82. The molecule has 1 amide bonds. The van der Waals surface area contributed by atoms with Crippen LogP contribution in [0.15, 0.2) is 103 Å². The van der Waals surface area contributed by atoms with E-state index in [1.54, 1.807) is 12.1 Å². The molecule has 0 spiro atoms. The summed E-state index contributed by atoms with van der Waals surface area (Å²) in [6.07, 6.45) is 0.226. The van der Waals surface area contributed by atoms with Crippen LogP contribution in [0.4, 0.5) is 5.13 Å². The first-order valence-electron chi connectivity index (χ1n) is 10.6. The fraction of sp³-hybridized carbons (Fsp3) is 0.0357. The van der Waals surface area contributed by atoms with Crippen molar-refractivity contribution < 1.29 is 9.59 Å². The van der Waals surface area contributed by atoms with E-state index in [9.17, 15) is 9.59 Å². The first-order valence-corrected chi connectivity index (χ1v) is 11.4. The van der Waals surface area contributed by atoms with Gasteiger partial charge in [0.05, 0.1) is 12.1 Å². The van der Waals surface area contributed by atoms with E-state index < -0.39 is 0 Å². The number of carbonyl (C=O) groups excluding carboxylic acids is 2. The number of carbonyl (C=O) groups is 2. The molecule has 4 nitrogen and oxygen atoms in total. The lowest BCUT2D eigenvalue weighted by Gasteiger charge is -2.06. The van der Waals surface area contributed by atoms with Crippen LogP contribution in [-0.4, -0.2) is 16.7 Å². The van der Waals surface area contributed by atoms with Crippen molar-refractivity contribution in [1.82, 2.24) is 4.98 Å². The number of anilines is 1. The third kappa shape index (κ3) is 4.45. The van der Waals surface area contributed by atoms with Gasteiger partial charge in [0.1, 0.15) is 4.88 Å². The van der Waals surface area contributed by atoms with Crippen molar-refractivity contribution in [2.45, 2.75) is 6.42 Å². The van der Waals surface area contributed by atoms with Gasteiger partial charge in [-0.15, -0.1) is 0 Å². The second-order valence-corrected chi connectivity index (χ2v) is 8.62. The molecule has 0 radical (unpaired) electrons. The summed E-state index contributed by atoms with van der Waals surface area (Å²) in [5, 5.41) is 5.47. The molecular weight excluding hydrogens is 428 g/mol. The van der Waals surface area contributed by atoms with E-state index in [0.29, 0.717) is 21.3 Å². The number of aromatic nitrogens is 1. The predicted octanol–water partition coefficient (Wildman–Crippen LogP) is 6.38. The minimum atomic E-state index is -0.168. The lowest BCUT2D eigenvalue weighted by molar-refractivity contribution is -0.115. The topological polar surface area (TPSA) is 59.1 Å². The van der Waals surface area contributed by atoms with E-state index in [-0.39, 0.29) is 18.1 Å². The van der Waals surface area contributed by atoms with Crippen LogP contribution >= 0.6 is 11.3 Å². The van der Waals surface area contributed by atoms with E-state index in [1.807, 2.05) is 91.0 Å². The Kier molecular flexibility index (Phi) is 5.79. The van der Waals surface area contributed by atoms with Gasteiger partial charge in [-0.1, -0.05) is 114 Å². The highest BCUT2D eigenvalue weighted by Crippen LogP contribution is 2.33. The highest BCUT2D eigenvalue weighted by molar-refractivity contribution is 7.18. The number of benzene rings is 4. The molecule has 0 fully saturated rings. The number of fused-ring (bicyclic) bond motifs is 1. The van der Waals surface area contributed by atoms with Gasteiger partial charge in [0.25, 0.3) is 0 Å². The largest absolute Gasteiger partial charge is 0.302 e. The maximum Gasteiger partial charge on any atom is 0.230 e. The van der Waals surface area contributed by atoms with Gasteiger partial charge in [0, 0.05) is 11.1 Å². The summed E-state index contributed by atoms with van der Waals surface area (Å²) in [6.45, 7) is 0. The van der Waals surface area contributed by atoms with Gasteiger partial charge in [0.15, 0.2) is 5.13 Å². The van der Waals surface area contributed by atoms with Gasteiger partial charge in [-0.25, -0.2) is 4.98 Å². The van der Waals surface area contributed by atoms with Crippen LogP contribution in [0.5, 0.6) is 0 Å². The Morgan fingerprint density at radius 3 is 2.21 bits per heavy atom. The molecule has 1 heterocycles. The van der Waals surface area contributed by atoms with Gasteiger partial charge in [-0.3, -0.25) is 9.59 Å². The third-order valence-electron chi connectivity index (χ3n) is 5.39. The van der Waals surface area contributed by atoms with E-state index in [2.05, 4.69) is 10.3 Å². The van der Waals surface area contributed by atoms with Crippen molar-refractivity contribution in [3.05, 3.63) is 119 Å². The number of rotatable bonds is 6. The Labute approximate surface area is 195 Å². The average Bonchev–Trinajstić information content (AvgIpc) is 3.28. The predicted molar refractivity (Wildman–Crippen MR) is 134 cm³/mol. The molecule has 0 saturated heterocycles. The van der Waals surface area contributed by atoms with E-state index >= 15 is 0 Å². The number of nitrogens with one attached hydrogen (secondary N) is 1. The Balaban J connectivity index is 1.45. The molecular formula is C28H20N2O2S. The number of nitrogens with zero attached hydrogens (tertiary/aromatic N) is 1. The molecule has 0 aliphatic carbocycles. The Hall–Kier alpha value is -4.09. The monoisotopic (exact) mass is 448 g/mol. The van der Waals surface area contributed by atoms with Crippen molar-refractivity contribution in [2.24, 2.45) is 0 Å². The SMILES string of the molecule is O=C(Cc1cccc2ccccc12)Nc1nc(-c2ccccc2)c(C(=O)c2ccccc2)s1. The van der Waals surface area contributed by atoms with Crippen LogP contribution in [0.2, 0.25) is 0 Å². The highest BCUT2D eigenvalue weighted by Gasteiger charge is 2.21. The number of ketones is 1. The quantitative estimate of drug-likeness (QED) is 0.307. The highest BCUT2D eigenvalue weighted by atomic mass is 32.1. The molecule has 5 rings (SSSR count). The van der Waals surface area contributed by atoms with Gasteiger partial charge in [-0.05, 0) is 16.3 Å². The summed E-state index contributed by atoms with van der Waals surface area (Å²) in [6, 6.07) is 32.6. The van der Waals surface area contributed by atoms with Crippen molar-refractivity contribution in [2.75, 3.05) is 5.32 Å². The number of hydrogen-bond donors (Lipinski definition) is 1. The Bertz CT molecular complexity index is 1440. The zero-order valence-corrected chi connectivity index (χ0v) is 18.5. The summed E-state index contributed by atoms with van der Waals surface area (Å²) in [7, 11) is 0. The van der Waals surface area contributed by atoms with Gasteiger partial charge >= 0.3 is 0 Å². The molecule has 1 aromatic heterocycles. The second kappa shape index (κ2) is 9.18. The van der Waals surface area contributed by atoms with Crippen LogP contribution in [-0.2, 0) is 11.2 Å². The molecule has 0 aliphatic heterocycles. The van der Waals surface area contributed by atoms with Crippen LogP contribution in [0.3, 0.4) is 0 Å². The lowest BCUT2D eigenvalue weighted by atomic mass is 10.0. The van der Waals surface area contributed by atoms with Crippen molar-refractivity contribution in [1.29, 1.82) is 0 Å². The second-order valence-electron chi connectivity index (χ2n) is 7.62. The number of thiazole rings is 1. The number of amides is 1. The summed E-state index contributed by atoms with van der Waals surface area (Å²) in [4.78, 5) is 31.3. The molecule has 160 valence electrons. The smallest absolute Gasteiger partial charge is 0.230 e. The van der Waals surface area contributed by atoms with Crippen LogP contribution in [0.25, 0.3) is 22.0 Å². The van der Waals surface area contributed by atoms with Crippen LogP contribution < -0.4 is 5.32 Å². The zero-order chi connectivity index (χ0) is 22.6. The molecule has 0 atom stereocenters. The first-order chi connectivity index (χ1) is 16.2. The van der Waals surface area contributed by atoms with Gasteiger partial charge in [0.2, 0.25) is 11.7 Å². The normalized spacial score (nSPS) is 10.8. The van der Waals surface area contributed by atoms with Crippen LogP contribution in [0, 0.1) is 0 Å². The fourth-order valence-corrected chi connectivity index (χ4v) is 4.79. The van der Waals surface area contributed by atoms with Crippen LogP contribution in [0.1, 0.15) is 20.8 Å². The Morgan fingerprint density at radius 1 is 0.758 bits per heavy atom. The molecule has 5 aromatic rings. The van der Waals surface area contributed by atoms with Gasteiger partial charge in [-0.2, -0.15) is 0 Å². The standard InChI is InChI=1S/C28H20N2O2S/c31-24(18-22-16-9-15-19-10-7-8-17-23(19)22)29-28-30-25(20-11-3-1-4-12-20)27(33-28)26(32)21-13-5-2-6-14-21/h1-17H,18H2,(H,29,30,31). The molecule has 4 aromatic carbocycles. The molecule has 5 heteroatoms. The maximum absolute atomic E-state index is 13.2. The molecule has 0 aliphatic rings. The van der Waals surface area contributed by atoms with Gasteiger partial charge < -0.3 is 5.32 Å². The Morgan fingerprint density at radius 2 is 1.42 bits per heavy atom. The summed E-state index contributed by atoms with van der Waals surface area (Å²) >= 11 is 1.21. The minimum Gasteiger partial charge on any atom is -0.302 e. The molecule has 0 unspecified atom stereocenters. The maximum atomic E-state index is 13.2. The zero-order valence-electron chi connectivity index (χ0n) is 17.7. The van der Waals surface area contributed by atoms with Crippen molar-refractivity contribution >= 4 is 38.9 Å². The molecule has 0 bridgehead atoms. The van der Waals surface area contributed by atoms with E-state index in [4.69, 9.17) is 0 Å². The molecule has 1 N–H and O–H groups in total. The number of hydrogen-bond acceptors (Lipinski definition) is 4. The first kappa shape index (κ1) is 20.8. The molecule has 33 heavy (non-hydrogen) atoms. The van der Waals surface area contributed by atoms with E-state index in [1.165, 1.54) is 11.3 Å². The van der Waals surface area contributed by atoms with Crippen molar-refractivity contribution in [3.63, 3.8) is 0 Å². The van der Waals surface area contributed by atoms with Crippen molar-refractivity contribution in [3.8, 4) is 11.3 Å². The lowest BCUT2D eigenvalue weighted by Crippen LogP contribution is -2.14. The minimum absolute atomic E-state index is 0.110. The average molecular weight is 449 g/mol. The summed E-state index contributed by atoms with van der Waals surface area (Å²) < 4.78 is 0. The summed E-state index contributed by atoms with van der Waals surface area (Å²) in [5.74, 6) is -0.278. The third-order valence-corrected chi connectivity index (χ3v) is 6.36.